The number of anilines is 1. The zero-order chi connectivity index (χ0) is 21.0. The van der Waals surface area contributed by atoms with Crippen LogP contribution >= 0.6 is 11.8 Å². The average Bonchev–Trinajstić information content (AvgIpc) is 2.86. The maximum absolute atomic E-state index is 12.9. The van der Waals surface area contributed by atoms with Crippen LogP contribution in [0, 0.1) is 11.7 Å². The first-order valence-corrected chi connectivity index (χ1v) is 11.7. The molecule has 0 aromatic heterocycles. The summed E-state index contributed by atoms with van der Waals surface area (Å²) in [4.78, 5) is 24.9. The first-order valence-electron chi connectivity index (χ1n) is 9.06. The fourth-order valence-electron chi connectivity index (χ4n) is 2.86. The summed E-state index contributed by atoms with van der Waals surface area (Å²) in [5.74, 6) is -1.42. The standard InChI is InChI=1S/C20H21FN2O4S2/c1-13(20(25)22-11-14-2-4-15(21)5-3-14)12-29(26,27)16-6-7-18-17(10-16)23-19(24)8-9-28-18/h2-7,10,13H,8-9,11-12H2,1H3,(H,22,25)(H,23,24). The third kappa shape index (κ3) is 5.57. The van der Waals surface area contributed by atoms with Crippen LogP contribution in [0.2, 0.25) is 0 Å². The van der Waals surface area contributed by atoms with Gasteiger partial charge >= 0.3 is 0 Å². The maximum atomic E-state index is 12.9. The van der Waals surface area contributed by atoms with E-state index in [2.05, 4.69) is 10.6 Å². The number of carbonyl (C=O) groups excluding carboxylic acids is 2. The summed E-state index contributed by atoms with van der Waals surface area (Å²) < 4.78 is 38.5. The summed E-state index contributed by atoms with van der Waals surface area (Å²) in [6.45, 7) is 1.73. The number of benzene rings is 2. The van der Waals surface area contributed by atoms with Crippen LogP contribution in [-0.2, 0) is 26.0 Å². The molecule has 1 aliphatic rings. The van der Waals surface area contributed by atoms with Crippen LogP contribution in [0.5, 0.6) is 0 Å². The lowest BCUT2D eigenvalue weighted by molar-refractivity contribution is -0.124. The lowest BCUT2D eigenvalue weighted by Gasteiger charge is -2.14. The normalized spacial score (nSPS) is 15.0. The van der Waals surface area contributed by atoms with Crippen LogP contribution in [-0.4, -0.2) is 31.7 Å². The fraction of sp³-hybridized carbons (Fsp3) is 0.300. The zero-order valence-corrected chi connectivity index (χ0v) is 17.4. The highest BCUT2D eigenvalue weighted by Crippen LogP contribution is 2.33. The Balaban J connectivity index is 1.65. The van der Waals surface area contributed by atoms with Crippen LogP contribution < -0.4 is 10.6 Å². The molecule has 0 spiro atoms. The van der Waals surface area contributed by atoms with Crippen molar-refractivity contribution in [2.45, 2.75) is 29.7 Å². The van der Waals surface area contributed by atoms with E-state index in [1.807, 2.05) is 0 Å². The Morgan fingerprint density at radius 2 is 1.97 bits per heavy atom. The van der Waals surface area contributed by atoms with Crippen LogP contribution in [0.15, 0.2) is 52.3 Å². The van der Waals surface area contributed by atoms with Gasteiger partial charge in [-0.2, -0.15) is 0 Å². The molecule has 0 fully saturated rings. The molecule has 29 heavy (non-hydrogen) atoms. The molecule has 154 valence electrons. The van der Waals surface area contributed by atoms with Gasteiger partial charge in [0.05, 0.1) is 16.3 Å². The van der Waals surface area contributed by atoms with Crippen molar-refractivity contribution < 1.29 is 22.4 Å². The largest absolute Gasteiger partial charge is 0.352 e. The molecular weight excluding hydrogens is 415 g/mol. The Labute approximate surface area is 173 Å². The van der Waals surface area contributed by atoms with Crippen LogP contribution in [0.25, 0.3) is 0 Å². The lowest BCUT2D eigenvalue weighted by atomic mass is 10.2. The number of fused-ring (bicyclic) bond motifs is 1. The zero-order valence-electron chi connectivity index (χ0n) is 15.8. The summed E-state index contributed by atoms with van der Waals surface area (Å²) in [6.07, 6.45) is 0.368. The van der Waals surface area contributed by atoms with Gasteiger partial charge in [-0.25, -0.2) is 12.8 Å². The molecule has 1 heterocycles. The van der Waals surface area contributed by atoms with Crippen molar-refractivity contribution in [3.05, 3.63) is 53.8 Å². The molecule has 1 unspecified atom stereocenters. The van der Waals surface area contributed by atoms with Crippen molar-refractivity contribution in [1.29, 1.82) is 0 Å². The van der Waals surface area contributed by atoms with E-state index in [4.69, 9.17) is 0 Å². The van der Waals surface area contributed by atoms with Crippen LogP contribution in [0.1, 0.15) is 18.9 Å². The molecule has 0 bridgehead atoms. The third-order valence-electron chi connectivity index (χ3n) is 4.47. The first kappa shape index (κ1) is 21.3. The molecule has 0 saturated heterocycles. The Morgan fingerprint density at radius 1 is 1.24 bits per heavy atom. The molecule has 0 radical (unpaired) electrons. The van der Waals surface area contributed by atoms with E-state index >= 15 is 0 Å². The number of sulfone groups is 1. The molecule has 1 atom stereocenters. The maximum Gasteiger partial charge on any atom is 0.225 e. The van der Waals surface area contributed by atoms with Gasteiger partial charge in [-0.3, -0.25) is 9.59 Å². The molecule has 2 amide bonds. The minimum Gasteiger partial charge on any atom is -0.352 e. The van der Waals surface area contributed by atoms with Crippen molar-refractivity contribution in [2.24, 2.45) is 5.92 Å². The van der Waals surface area contributed by atoms with Gasteiger partial charge in [-0.1, -0.05) is 19.1 Å². The van der Waals surface area contributed by atoms with E-state index < -0.39 is 21.7 Å². The number of amides is 2. The van der Waals surface area contributed by atoms with Gasteiger partial charge in [0.15, 0.2) is 9.84 Å². The SMILES string of the molecule is CC(CS(=O)(=O)c1ccc2c(c1)NC(=O)CCS2)C(=O)NCc1ccc(F)cc1. The van der Waals surface area contributed by atoms with Crippen molar-refractivity contribution in [2.75, 3.05) is 16.8 Å². The number of hydrogen-bond donors (Lipinski definition) is 2. The highest BCUT2D eigenvalue weighted by atomic mass is 32.2. The van der Waals surface area contributed by atoms with Crippen molar-refractivity contribution in [1.82, 2.24) is 5.32 Å². The number of thioether (sulfide) groups is 1. The number of carbonyl (C=O) groups is 2. The molecule has 0 aliphatic carbocycles. The molecule has 6 nitrogen and oxygen atoms in total. The first-order chi connectivity index (χ1) is 13.7. The minimum absolute atomic E-state index is 0.0669. The third-order valence-corrected chi connectivity index (χ3v) is 7.45. The van der Waals surface area contributed by atoms with Crippen molar-refractivity contribution in [3.63, 3.8) is 0 Å². The van der Waals surface area contributed by atoms with Crippen molar-refractivity contribution >= 4 is 39.1 Å². The minimum atomic E-state index is -3.73. The molecule has 0 saturated carbocycles. The van der Waals surface area contributed by atoms with Gasteiger partial charge < -0.3 is 10.6 Å². The van der Waals surface area contributed by atoms with Gasteiger partial charge in [0, 0.05) is 29.5 Å². The smallest absolute Gasteiger partial charge is 0.225 e. The summed E-state index contributed by atoms with van der Waals surface area (Å²) in [5.41, 5.74) is 1.20. The highest BCUT2D eigenvalue weighted by molar-refractivity contribution is 7.99. The predicted molar refractivity (Wildman–Crippen MR) is 110 cm³/mol. The quantitative estimate of drug-likeness (QED) is 0.726. The van der Waals surface area contributed by atoms with Crippen molar-refractivity contribution in [3.8, 4) is 0 Å². The average molecular weight is 437 g/mol. The molecule has 3 rings (SSSR count). The molecule has 2 N–H and O–H groups in total. The van der Waals surface area contributed by atoms with E-state index in [0.717, 1.165) is 4.90 Å². The summed E-state index contributed by atoms with van der Waals surface area (Å²) in [6, 6.07) is 10.3. The van der Waals surface area contributed by atoms with Crippen LogP contribution in [0.4, 0.5) is 10.1 Å². The summed E-state index contributed by atoms with van der Waals surface area (Å²) in [7, 11) is -3.73. The second-order valence-electron chi connectivity index (χ2n) is 6.83. The van der Waals surface area contributed by atoms with E-state index in [1.54, 1.807) is 25.1 Å². The number of halogens is 1. The van der Waals surface area contributed by atoms with Gasteiger partial charge in [-0.15, -0.1) is 11.8 Å². The second kappa shape index (κ2) is 8.96. The monoisotopic (exact) mass is 436 g/mol. The lowest BCUT2D eigenvalue weighted by Crippen LogP contribution is -2.32. The number of nitrogens with one attached hydrogen (secondary N) is 2. The molecule has 2 aromatic rings. The van der Waals surface area contributed by atoms with Gasteiger partial charge in [0.25, 0.3) is 0 Å². The van der Waals surface area contributed by atoms with E-state index in [1.165, 1.54) is 36.0 Å². The number of rotatable bonds is 6. The Hall–Kier alpha value is -2.39. The predicted octanol–water partition coefficient (Wildman–Crippen LogP) is 2.99. The second-order valence-corrected chi connectivity index (χ2v) is 10.0. The van der Waals surface area contributed by atoms with Crippen LogP contribution in [0.3, 0.4) is 0 Å². The van der Waals surface area contributed by atoms with E-state index in [9.17, 15) is 22.4 Å². The Morgan fingerprint density at radius 3 is 2.69 bits per heavy atom. The molecule has 2 aromatic carbocycles. The Kier molecular flexibility index (Phi) is 6.59. The van der Waals surface area contributed by atoms with Gasteiger partial charge in [0.2, 0.25) is 11.8 Å². The summed E-state index contributed by atoms with van der Waals surface area (Å²) in [5, 5.41) is 5.39. The highest BCUT2D eigenvalue weighted by Gasteiger charge is 2.25. The van der Waals surface area contributed by atoms with E-state index in [0.29, 0.717) is 23.4 Å². The molecule has 9 heteroatoms. The molecule has 1 aliphatic heterocycles. The Bertz CT molecular complexity index is 1020. The number of hydrogen-bond acceptors (Lipinski definition) is 5. The topological polar surface area (TPSA) is 92.3 Å². The van der Waals surface area contributed by atoms with Gasteiger partial charge in [-0.05, 0) is 35.9 Å². The van der Waals surface area contributed by atoms with Gasteiger partial charge in [0.1, 0.15) is 5.82 Å². The summed E-state index contributed by atoms with van der Waals surface area (Å²) >= 11 is 1.49. The molecular formula is C20H21FN2O4S2. The fourth-order valence-corrected chi connectivity index (χ4v) is 5.37. The van der Waals surface area contributed by atoms with E-state index in [-0.39, 0.29) is 28.9 Å².